The van der Waals surface area contributed by atoms with Crippen molar-refractivity contribution >= 4 is 50.6 Å². The number of thioether (sulfide) groups is 1. The largest absolute Gasteiger partial charge is 0.492 e. The lowest BCUT2D eigenvalue weighted by Gasteiger charge is -2.13. The fraction of sp³-hybridized carbons (Fsp3) is 0.154. The zero-order valence-corrected chi connectivity index (χ0v) is 21.6. The number of ether oxygens (including phenoxy) is 2. The van der Waals surface area contributed by atoms with E-state index in [0.717, 1.165) is 28.5 Å². The van der Waals surface area contributed by atoms with Crippen molar-refractivity contribution in [3.05, 3.63) is 103 Å². The number of halogens is 1. The molecule has 36 heavy (non-hydrogen) atoms. The van der Waals surface area contributed by atoms with Crippen LogP contribution in [0.3, 0.4) is 0 Å². The molecule has 1 fully saturated rings. The van der Waals surface area contributed by atoms with Crippen LogP contribution in [0.5, 0.6) is 11.5 Å². The monoisotopic (exact) mass is 568 g/mol. The zero-order chi connectivity index (χ0) is 25.7. The van der Waals surface area contributed by atoms with E-state index in [1.807, 2.05) is 31.2 Å². The lowest BCUT2D eigenvalue weighted by molar-refractivity contribution is -0.384. The second kappa shape index (κ2) is 11.4. The smallest absolute Gasteiger partial charge is 0.293 e. The fourth-order valence-electron chi connectivity index (χ4n) is 3.33. The van der Waals surface area contributed by atoms with Crippen molar-refractivity contribution in [3.63, 3.8) is 0 Å². The highest BCUT2D eigenvalue weighted by Gasteiger charge is 2.34. The molecule has 0 aromatic heterocycles. The topological polar surface area (TPSA) is 99.0 Å². The second-order valence-electron chi connectivity index (χ2n) is 7.90. The van der Waals surface area contributed by atoms with Gasteiger partial charge in [-0.1, -0.05) is 23.8 Å². The third-order valence-corrected chi connectivity index (χ3v) is 6.80. The van der Waals surface area contributed by atoms with E-state index >= 15 is 0 Å². The first kappa shape index (κ1) is 25.5. The first-order chi connectivity index (χ1) is 17.3. The summed E-state index contributed by atoms with van der Waals surface area (Å²) in [6.07, 6.45) is 1.66. The van der Waals surface area contributed by atoms with Gasteiger partial charge in [0.15, 0.2) is 0 Å². The van der Waals surface area contributed by atoms with Gasteiger partial charge in [0.25, 0.3) is 16.8 Å². The average Bonchev–Trinajstić information content (AvgIpc) is 3.12. The van der Waals surface area contributed by atoms with Gasteiger partial charge in [-0.25, -0.2) is 0 Å². The van der Waals surface area contributed by atoms with Gasteiger partial charge in [0.1, 0.15) is 24.7 Å². The number of rotatable bonds is 9. The summed E-state index contributed by atoms with van der Waals surface area (Å²) >= 11 is 4.37. The number of nitro benzene ring substituents is 1. The van der Waals surface area contributed by atoms with Gasteiger partial charge in [-0.2, -0.15) is 0 Å². The van der Waals surface area contributed by atoms with Gasteiger partial charge in [0.05, 0.1) is 20.8 Å². The predicted octanol–water partition coefficient (Wildman–Crippen LogP) is 6.36. The Morgan fingerprint density at radius 2 is 1.75 bits per heavy atom. The first-order valence-electron chi connectivity index (χ1n) is 10.9. The number of carbonyl (C=O) groups excluding carboxylic acids is 2. The summed E-state index contributed by atoms with van der Waals surface area (Å²) in [6.45, 7) is 2.59. The maximum Gasteiger partial charge on any atom is 0.293 e. The van der Waals surface area contributed by atoms with Gasteiger partial charge < -0.3 is 9.47 Å². The van der Waals surface area contributed by atoms with Crippen molar-refractivity contribution in [1.82, 2.24) is 4.90 Å². The van der Waals surface area contributed by atoms with E-state index in [2.05, 4.69) is 15.9 Å². The van der Waals surface area contributed by atoms with E-state index in [-0.39, 0.29) is 36.6 Å². The Morgan fingerprint density at radius 1 is 1.03 bits per heavy atom. The highest BCUT2D eigenvalue weighted by Crippen LogP contribution is 2.34. The fourth-order valence-corrected chi connectivity index (χ4v) is 4.71. The highest BCUT2D eigenvalue weighted by molar-refractivity contribution is 9.10. The lowest BCUT2D eigenvalue weighted by Crippen LogP contribution is -2.32. The summed E-state index contributed by atoms with van der Waals surface area (Å²) in [5.41, 5.74) is 2.66. The molecule has 0 spiro atoms. The van der Waals surface area contributed by atoms with Crippen molar-refractivity contribution in [2.75, 3.05) is 13.2 Å². The summed E-state index contributed by atoms with van der Waals surface area (Å²) in [7, 11) is 0. The number of non-ortho nitro benzene ring substituents is 1. The SMILES string of the molecule is Cc1ccc(OCCN2C(=O)S/C(=C\c3ccc(OCc4ccc([N+](=O)[O-])cc4)c(Br)c3)C2=O)cc1. The summed E-state index contributed by atoms with van der Waals surface area (Å²) in [6, 6.07) is 19.0. The molecule has 0 N–H and O–H groups in total. The minimum atomic E-state index is -0.451. The summed E-state index contributed by atoms with van der Waals surface area (Å²) in [5, 5.41) is 10.4. The van der Waals surface area contributed by atoms with Gasteiger partial charge in [-0.3, -0.25) is 24.6 Å². The van der Waals surface area contributed by atoms with Crippen LogP contribution in [-0.2, 0) is 11.4 Å². The molecule has 4 rings (SSSR count). The molecule has 1 saturated heterocycles. The van der Waals surface area contributed by atoms with E-state index < -0.39 is 4.92 Å². The molecule has 184 valence electrons. The Kier molecular flexibility index (Phi) is 8.07. The number of amides is 2. The van der Waals surface area contributed by atoms with Crippen molar-refractivity contribution in [3.8, 4) is 11.5 Å². The zero-order valence-electron chi connectivity index (χ0n) is 19.2. The molecule has 10 heteroatoms. The number of nitro groups is 1. The van der Waals surface area contributed by atoms with Crippen LogP contribution < -0.4 is 9.47 Å². The molecular weight excluding hydrogens is 548 g/mol. The van der Waals surface area contributed by atoms with Gasteiger partial charge in [0.2, 0.25) is 0 Å². The van der Waals surface area contributed by atoms with Gasteiger partial charge in [0, 0.05) is 12.1 Å². The minimum absolute atomic E-state index is 0.0208. The van der Waals surface area contributed by atoms with E-state index in [0.29, 0.717) is 20.9 Å². The molecule has 1 aliphatic rings. The van der Waals surface area contributed by atoms with Crippen molar-refractivity contribution in [2.24, 2.45) is 0 Å². The van der Waals surface area contributed by atoms with Gasteiger partial charge >= 0.3 is 0 Å². The van der Waals surface area contributed by atoms with Crippen molar-refractivity contribution < 1.29 is 24.0 Å². The van der Waals surface area contributed by atoms with E-state index in [1.165, 1.54) is 17.0 Å². The van der Waals surface area contributed by atoms with Gasteiger partial charge in [-0.05, 0) is 88.2 Å². The number of imide groups is 1. The third kappa shape index (κ3) is 6.32. The molecule has 0 saturated carbocycles. The van der Waals surface area contributed by atoms with Crippen LogP contribution in [0.2, 0.25) is 0 Å². The Hall–Kier alpha value is -3.63. The van der Waals surface area contributed by atoms with E-state index in [1.54, 1.807) is 36.4 Å². The molecule has 3 aromatic carbocycles. The first-order valence-corrected chi connectivity index (χ1v) is 12.5. The Labute approximate surface area is 220 Å². The standard InChI is InChI=1S/C26H21BrN2O6S/c1-17-2-9-21(10-3-17)34-13-12-28-25(30)24(36-26(28)31)15-19-6-11-23(22(27)14-19)35-16-18-4-7-20(8-5-18)29(32)33/h2-11,14-15H,12-13,16H2,1H3/b24-15-. The number of benzene rings is 3. The molecule has 0 bridgehead atoms. The summed E-state index contributed by atoms with van der Waals surface area (Å²) in [5.74, 6) is 0.905. The van der Waals surface area contributed by atoms with Crippen LogP contribution in [0.15, 0.2) is 76.1 Å². The molecule has 1 aliphatic heterocycles. The van der Waals surface area contributed by atoms with E-state index in [4.69, 9.17) is 9.47 Å². The highest BCUT2D eigenvalue weighted by atomic mass is 79.9. The molecule has 0 aliphatic carbocycles. The molecule has 1 heterocycles. The predicted molar refractivity (Wildman–Crippen MR) is 141 cm³/mol. The number of nitrogens with zero attached hydrogens (tertiary/aromatic N) is 2. The van der Waals surface area contributed by atoms with E-state index in [9.17, 15) is 19.7 Å². The Bertz CT molecular complexity index is 1330. The third-order valence-electron chi connectivity index (χ3n) is 5.27. The maximum absolute atomic E-state index is 12.8. The Balaban J connectivity index is 1.34. The number of aryl methyl sites for hydroxylation is 1. The molecule has 2 amide bonds. The molecule has 8 nitrogen and oxygen atoms in total. The number of hydrogen-bond acceptors (Lipinski definition) is 7. The van der Waals surface area contributed by atoms with Crippen LogP contribution in [-0.4, -0.2) is 34.1 Å². The average molecular weight is 569 g/mol. The lowest BCUT2D eigenvalue weighted by atomic mass is 10.2. The minimum Gasteiger partial charge on any atom is -0.492 e. The van der Waals surface area contributed by atoms with Crippen LogP contribution >= 0.6 is 27.7 Å². The molecule has 0 radical (unpaired) electrons. The maximum atomic E-state index is 12.8. The van der Waals surface area contributed by atoms with Crippen LogP contribution in [0, 0.1) is 17.0 Å². The van der Waals surface area contributed by atoms with Crippen LogP contribution in [0.1, 0.15) is 16.7 Å². The van der Waals surface area contributed by atoms with Crippen LogP contribution in [0.25, 0.3) is 6.08 Å². The normalized spacial score (nSPS) is 14.4. The number of carbonyl (C=O) groups is 2. The van der Waals surface area contributed by atoms with Crippen molar-refractivity contribution in [2.45, 2.75) is 13.5 Å². The Morgan fingerprint density at radius 3 is 2.42 bits per heavy atom. The number of hydrogen-bond donors (Lipinski definition) is 0. The molecule has 0 atom stereocenters. The molecule has 0 unspecified atom stereocenters. The summed E-state index contributed by atoms with van der Waals surface area (Å²) < 4.78 is 12.1. The van der Waals surface area contributed by atoms with Crippen molar-refractivity contribution in [1.29, 1.82) is 0 Å². The van der Waals surface area contributed by atoms with Crippen LogP contribution in [0.4, 0.5) is 10.5 Å². The molecule has 3 aromatic rings. The van der Waals surface area contributed by atoms with Gasteiger partial charge in [-0.15, -0.1) is 0 Å². The summed E-state index contributed by atoms with van der Waals surface area (Å²) in [4.78, 5) is 37.0. The molecular formula is C26H21BrN2O6S. The second-order valence-corrected chi connectivity index (χ2v) is 9.74. The quantitative estimate of drug-likeness (QED) is 0.168.